The van der Waals surface area contributed by atoms with E-state index in [4.69, 9.17) is 14.2 Å². The van der Waals surface area contributed by atoms with Gasteiger partial charge in [0.1, 0.15) is 30.8 Å². The second-order valence-corrected chi connectivity index (χ2v) is 6.75. The lowest BCUT2D eigenvalue weighted by atomic mass is 10.1. The fourth-order valence-corrected chi connectivity index (χ4v) is 3.03. The highest BCUT2D eigenvalue weighted by atomic mass is 16.5. The molecule has 1 atom stereocenters. The van der Waals surface area contributed by atoms with Crippen molar-refractivity contribution in [2.75, 3.05) is 20.3 Å². The Morgan fingerprint density at radius 1 is 0.806 bits per heavy atom. The number of benzene rings is 3. The van der Waals surface area contributed by atoms with E-state index in [1.54, 1.807) is 24.3 Å². The van der Waals surface area contributed by atoms with Crippen molar-refractivity contribution in [3.8, 4) is 11.5 Å². The van der Waals surface area contributed by atoms with Gasteiger partial charge in [0.2, 0.25) is 0 Å². The zero-order valence-corrected chi connectivity index (χ0v) is 17.3. The van der Waals surface area contributed by atoms with Gasteiger partial charge in [-0.3, -0.25) is 4.79 Å². The summed E-state index contributed by atoms with van der Waals surface area (Å²) in [5.41, 5.74) is 1.25. The molecule has 1 amide bonds. The van der Waals surface area contributed by atoms with Crippen LogP contribution in [-0.2, 0) is 16.0 Å². The van der Waals surface area contributed by atoms with Crippen LogP contribution in [0.5, 0.6) is 11.5 Å². The Morgan fingerprint density at radius 2 is 1.42 bits per heavy atom. The normalized spacial score (nSPS) is 11.3. The first kappa shape index (κ1) is 21.9. The number of carbonyl (C=O) groups excluding carboxylic acids is 2. The quantitative estimate of drug-likeness (QED) is 0.401. The Kier molecular flexibility index (Phi) is 8.05. The van der Waals surface area contributed by atoms with Crippen molar-refractivity contribution in [2.45, 2.75) is 12.5 Å². The fraction of sp³-hybridized carbons (Fsp3) is 0.200. The van der Waals surface area contributed by atoms with Crippen molar-refractivity contribution in [3.05, 3.63) is 96.1 Å². The Bertz CT molecular complexity index is 975. The summed E-state index contributed by atoms with van der Waals surface area (Å²) < 4.78 is 16.3. The van der Waals surface area contributed by atoms with Gasteiger partial charge in [0, 0.05) is 6.42 Å². The van der Waals surface area contributed by atoms with E-state index in [9.17, 15) is 9.59 Å². The first-order valence-corrected chi connectivity index (χ1v) is 9.99. The van der Waals surface area contributed by atoms with Crippen LogP contribution in [0.15, 0.2) is 84.9 Å². The van der Waals surface area contributed by atoms with Crippen molar-refractivity contribution in [2.24, 2.45) is 0 Å². The monoisotopic (exact) mass is 419 g/mol. The Morgan fingerprint density at radius 3 is 2.13 bits per heavy atom. The predicted molar refractivity (Wildman–Crippen MR) is 117 cm³/mol. The van der Waals surface area contributed by atoms with E-state index in [1.807, 2.05) is 60.7 Å². The minimum absolute atomic E-state index is 0.267. The molecule has 0 bridgehead atoms. The van der Waals surface area contributed by atoms with Gasteiger partial charge in [-0.1, -0.05) is 60.7 Å². The minimum Gasteiger partial charge on any atom is -0.490 e. The second-order valence-electron chi connectivity index (χ2n) is 6.75. The standard InChI is InChI=1S/C25H25NO5/c1-29-25(28)22(18-19-10-4-2-5-11-19)26-24(27)21-14-8-9-15-23(21)31-17-16-30-20-12-6-3-7-13-20/h2-15,22H,16-18H2,1H3,(H,26,27). The van der Waals surface area contributed by atoms with E-state index in [0.29, 0.717) is 24.3 Å². The molecule has 0 spiro atoms. The molecule has 0 aliphatic heterocycles. The van der Waals surface area contributed by atoms with Crippen LogP contribution in [-0.4, -0.2) is 38.2 Å². The Labute approximate surface area is 181 Å². The van der Waals surface area contributed by atoms with Crippen LogP contribution in [0.4, 0.5) is 0 Å². The van der Waals surface area contributed by atoms with Gasteiger partial charge in [-0.2, -0.15) is 0 Å². The minimum atomic E-state index is -0.811. The largest absolute Gasteiger partial charge is 0.490 e. The predicted octanol–water partition coefficient (Wildman–Crippen LogP) is 3.66. The van der Waals surface area contributed by atoms with E-state index in [2.05, 4.69) is 5.32 Å². The summed E-state index contributed by atoms with van der Waals surface area (Å²) in [6.07, 6.45) is 0.327. The first-order valence-electron chi connectivity index (χ1n) is 9.99. The molecule has 0 radical (unpaired) electrons. The number of para-hydroxylation sites is 2. The highest BCUT2D eigenvalue weighted by Gasteiger charge is 2.24. The first-order chi connectivity index (χ1) is 15.2. The fourth-order valence-electron chi connectivity index (χ4n) is 3.03. The number of esters is 1. The molecule has 0 aliphatic carbocycles. The maximum atomic E-state index is 12.9. The van der Waals surface area contributed by atoms with Crippen molar-refractivity contribution in [1.82, 2.24) is 5.32 Å². The number of carbonyl (C=O) groups is 2. The molecule has 6 heteroatoms. The van der Waals surface area contributed by atoms with Gasteiger partial charge in [0.05, 0.1) is 12.7 Å². The van der Waals surface area contributed by atoms with E-state index >= 15 is 0 Å². The topological polar surface area (TPSA) is 73.9 Å². The van der Waals surface area contributed by atoms with Crippen molar-refractivity contribution < 1.29 is 23.8 Å². The molecule has 0 aromatic heterocycles. The molecule has 1 unspecified atom stereocenters. The van der Waals surface area contributed by atoms with Crippen LogP contribution in [0.2, 0.25) is 0 Å². The van der Waals surface area contributed by atoms with Crippen molar-refractivity contribution in [1.29, 1.82) is 0 Å². The summed E-state index contributed by atoms with van der Waals surface area (Å²) in [4.78, 5) is 25.1. The molecular weight excluding hydrogens is 394 g/mol. The third-order valence-electron chi connectivity index (χ3n) is 4.56. The number of methoxy groups -OCH3 is 1. The van der Waals surface area contributed by atoms with Gasteiger partial charge >= 0.3 is 5.97 Å². The molecule has 3 aromatic carbocycles. The summed E-state index contributed by atoms with van der Waals surface area (Å²) in [5, 5.41) is 2.76. The maximum Gasteiger partial charge on any atom is 0.328 e. The molecule has 0 saturated carbocycles. The number of hydrogen-bond acceptors (Lipinski definition) is 5. The molecule has 3 rings (SSSR count). The highest BCUT2D eigenvalue weighted by molar-refractivity contribution is 5.99. The lowest BCUT2D eigenvalue weighted by molar-refractivity contribution is -0.142. The Hall–Kier alpha value is -3.80. The molecule has 0 aliphatic rings. The maximum absolute atomic E-state index is 12.9. The molecule has 31 heavy (non-hydrogen) atoms. The smallest absolute Gasteiger partial charge is 0.328 e. The van der Waals surface area contributed by atoms with Gasteiger partial charge < -0.3 is 19.5 Å². The van der Waals surface area contributed by atoms with Gasteiger partial charge in [-0.25, -0.2) is 4.79 Å². The summed E-state index contributed by atoms with van der Waals surface area (Å²) in [5.74, 6) is 0.247. The number of amides is 1. The van der Waals surface area contributed by atoms with Crippen LogP contribution >= 0.6 is 0 Å². The number of nitrogens with one attached hydrogen (secondary N) is 1. The van der Waals surface area contributed by atoms with E-state index in [1.165, 1.54) is 7.11 Å². The summed E-state index contributed by atoms with van der Waals surface area (Å²) in [6, 6.07) is 24.9. The average Bonchev–Trinajstić information content (AvgIpc) is 2.82. The summed E-state index contributed by atoms with van der Waals surface area (Å²) in [6.45, 7) is 0.600. The average molecular weight is 419 g/mol. The molecular formula is C25H25NO5. The van der Waals surface area contributed by atoms with Crippen LogP contribution < -0.4 is 14.8 Å². The lowest BCUT2D eigenvalue weighted by Gasteiger charge is -2.18. The molecule has 0 saturated heterocycles. The van der Waals surface area contributed by atoms with Gasteiger partial charge in [0.15, 0.2) is 0 Å². The SMILES string of the molecule is COC(=O)C(Cc1ccccc1)NC(=O)c1ccccc1OCCOc1ccccc1. The van der Waals surface area contributed by atoms with Gasteiger partial charge in [-0.05, 0) is 29.8 Å². The summed E-state index contributed by atoms with van der Waals surface area (Å²) in [7, 11) is 1.30. The zero-order valence-electron chi connectivity index (χ0n) is 17.3. The van der Waals surface area contributed by atoms with Crippen molar-refractivity contribution >= 4 is 11.9 Å². The number of ether oxygens (including phenoxy) is 3. The van der Waals surface area contributed by atoms with E-state index < -0.39 is 17.9 Å². The van der Waals surface area contributed by atoms with Gasteiger partial charge in [0.25, 0.3) is 5.91 Å². The molecule has 3 aromatic rings. The zero-order chi connectivity index (χ0) is 21.9. The summed E-state index contributed by atoms with van der Waals surface area (Å²) >= 11 is 0. The Balaban J connectivity index is 1.62. The molecule has 6 nitrogen and oxygen atoms in total. The highest BCUT2D eigenvalue weighted by Crippen LogP contribution is 2.19. The van der Waals surface area contributed by atoms with Crippen LogP contribution in [0, 0.1) is 0 Å². The second kappa shape index (κ2) is 11.4. The van der Waals surface area contributed by atoms with Crippen LogP contribution in [0.1, 0.15) is 15.9 Å². The molecule has 0 heterocycles. The van der Waals surface area contributed by atoms with E-state index in [-0.39, 0.29) is 6.61 Å². The van der Waals surface area contributed by atoms with Crippen LogP contribution in [0.25, 0.3) is 0 Å². The van der Waals surface area contributed by atoms with Crippen molar-refractivity contribution in [3.63, 3.8) is 0 Å². The lowest BCUT2D eigenvalue weighted by Crippen LogP contribution is -2.43. The molecule has 160 valence electrons. The number of rotatable bonds is 10. The molecule has 1 N–H and O–H groups in total. The van der Waals surface area contributed by atoms with Crippen LogP contribution in [0.3, 0.4) is 0 Å². The number of hydrogen-bond donors (Lipinski definition) is 1. The van der Waals surface area contributed by atoms with Gasteiger partial charge in [-0.15, -0.1) is 0 Å². The molecule has 0 fully saturated rings. The van der Waals surface area contributed by atoms with E-state index in [0.717, 1.165) is 11.3 Å². The third-order valence-corrected chi connectivity index (χ3v) is 4.56. The third kappa shape index (κ3) is 6.60.